The standard InChI is InChI=1S/C10H18N2/c1-2-3-6-12-7-4-10(9-11)5-8-12/h10H,2-8H2,1H3. The molecule has 12 heavy (non-hydrogen) atoms. The zero-order chi connectivity index (χ0) is 8.81. The summed E-state index contributed by atoms with van der Waals surface area (Å²) in [4.78, 5) is 2.48. The second-order valence-electron chi connectivity index (χ2n) is 3.60. The van der Waals surface area contributed by atoms with Gasteiger partial charge in [-0.15, -0.1) is 0 Å². The van der Waals surface area contributed by atoms with Crippen LogP contribution in [0.2, 0.25) is 0 Å². The normalized spacial score (nSPS) is 20.7. The molecule has 1 fully saturated rings. The second kappa shape index (κ2) is 5.16. The molecule has 0 aromatic heterocycles. The first kappa shape index (κ1) is 9.54. The maximum absolute atomic E-state index is 8.68. The highest BCUT2D eigenvalue weighted by Crippen LogP contribution is 2.15. The quantitative estimate of drug-likeness (QED) is 0.641. The summed E-state index contributed by atoms with van der Waals surface area (Å²) in [6.45, 7) is 5.73. The van der Waals surface area contributed by atoms with Crippen molar-refractivity contribution in [1.82, 2.24) is 4.90 Å². The molecular weight excluding hydrogens is 148 g/mol. The molecule has 1 aliphatic rings. The van der Waals surface area contributed by atoms with Crippen molar-refractivity contribution in [2.45, 2.75) is 32.6 Å². The fourth-order valence-corrected chi connectivity index (χ4v) is 1.67. The van der Waals surface area contributed by atoms with Crippen LogP contribution >= 0.6 is 0 Å². The highest BCUT2D eigenvalue weighted by atomic mass is 15.1. The fourth-order valence-electron chi connectivity index (χ4n) is 1.67. The topological polar surface area (TPSA) is 27.0 Å². The minimum Gasteiger partial charge on any atom is -0.303 e. The van der Waals surface area contributed by atoms with Crippen molar-refractivity contribution in [2.24, 2.45) is 5.92 Å². The van der Waals surface area contributed by atoms with Gasteiger partial charge in [0.2, 0.25) is 0 Å². The van der Waals surface area contributed by atoms with Crippen LogP contribution in [0, 0.1) is 17.2 Å². The van der Waals surface area contributed by atoms with Gasteiger partial charge in [0.1, 0.15) is 0 Å². The Morgan fingerprint density at radius 2 is 2.08 bits per heavy atom. The van der Waals surface area contributed by atoms with Crippen molar-refractivity contribution < 1.29 is 0 Å². The highest BCUT2D eigenvalue weighted by molar-refractivity contribution is 4.87. The summed E-state index contributed by atoms with van der Waals surface area (Å²) in [5.74, 6) is 0.336. The van der Waals surface area contributed by atoms with Gasteiger partial charge in [0.15, 0.2) is 0 Å². The lowest BCUT2D eigenvalue weighted by Crippen LogP contribution is -2.33. The molecular formula is C10H18N2. The Labute approximate surface area is 75.2 Å². The monoisotopic (exact) mass is 166 g/mol. The van der Waals surface area contributed by atoms with Gasteiger partial charge in [0.25, 0.3) is 0 Å². The number of nitriles is 1. The SMILES string of the molecule is CCCCN1CCC(C#N)CC1. The Morgan fingerprint density at radius 1 is 1.42 bits per heavy atom. The van der Waals surface area contributed by atoms with E-state index in [1.165, 1.54) is 19.4 Å². The zero-order valence-corrected chi connectivity index (χ0v) is 7.92. The summed E-state index contributed by atoms with van der Waals surface area (Å²) in [5.41, 5.74) is 0. The molecule has 1 heterocycles. The van der Waals surface area contributed by atoms with Gasteiger partial charge in [-0.05, 0) is 38.9 Å². The van der Waals surface area contributed by atoms with Crippen LogP contribution in [-0.4, -0.2) is 24.5 Å². The summed E-state index contributed by atoms with van der Waals surface area (Å²) in [6, 6.07) is 2.35. The van der Waals surface area contributed by atoms with Crippen LogP contribution in [0.3, 0.4) is 0 Å². The molecule has 0 atom stereocenters. The number of likely N-dealkylation sites (tertiary alicyclic amines) is 1. The van der Waals surface area contributed by atoms with E-state index in [9.17, 15) is 0 Å². The van der Waals surface area contributed by atoms with E-state index in [4.69, 9.17) is 5.26 Å². The van der Waals surface area contributed by atoms with E-state index in [0.717, 1.165) is 25.9 Å². The van der Waals surface area contributed by atoms with Gasteiger partial charge < -0.3 is 4.90 Å². The van der Waals surface area contributed by atoms with E-state index in [1.807, 2.05) is 0 Å². The molecule has 2 heteroatoms. The van der Waals surface area contributed by atoms with E-state index in [0.29, 0.717) is 5.92 Å². The Balaban J connectivity index is 2.14. The van der Waals surface area contributed by atoms with E-state index in [2.05, 4.69) is 17.9 Å². The van der Waals surface area contributed by atoms with Crippen molar-refractivity contribution in [2.75, 3.05) is 19.6 Å². The molecule has 0 unspecified atom stereocenters. The van der Waals surface area contributed by atoms with Gasteiger partial charge in [-0.25, -0.2) is 0 Å². The lowest BCUT2D eigenvalue weighted by Gasteiger charge is -2.28. The second-order valence-corrected chi connectivity index (χ2v) is 3.60. The summed E-state index contributed by atoms with van der Waals surface area (Å²) in [5, 5.41) is 8.68. The third-order valence-corrected chi connectivity index (χ3v) is 2.60. The van der Waals surface area contributed by atoms with Crippen LogP contribution in [0.4, 0.5) is 0 Å². The van der Waals surface area contributed by atoms with E-state index in [-0.39, 0.29) is 0 Å². The summed E-state index contributed by atoms with van der Waals surface area (Å²) in [6.07, 6.45) is 4.75. The van der Waals surface area contributed by atoms with Crippen molar-refractivity contribution in [3.63, 3.8) is 0 Å². The van der Waals surface area contributed by atoms with Gasteiger partial charge >= 0.3 is 0 Å². The largest absolute Gasteiger partial charge is 0.303 e. The summed E-state index contributed by atoms with van der Waals surface area (Å²) < 4.78 is 0. The average molecular weight is 166 g/mol. The molecule has 2 nitrogen and oxygen atoms in total. The van der Waals surface area contributed by atoms with Gasteiger partial charge in [-0.1, -0.05) is 13.3 Å². The molecule has 1 aliphatic heterocycles. The number of piperidine rings is 1. The van der Waals surface area contributed by atoms with Crippen LogP contribution in [-0.2, 0) is 0 Å². The predicted octanol–water partition coefficient (Wildman–Crippen LogP) is 2.02. The average Bonchev–Trinajstić information content (AvgIpc) is 2.15. The third kappa shape index (κ3) is 2.83. The Bertz CT molecular complexity index is 152. The minimum atomic E-state index is 0.336. The molecule has 0 N–H and O–H groups in total. The molecule has 68 valence electrons. The Hall–Kier alpha value is -0.550. The number of nitrogens with zero attached hydrogens (tertiary/aromatic N) is 2. The molecule has 0 amide bonds. The summed E-state index contributed by atoms with van der Waals surface area (Å²) in [7, 11) is 0. The fraction of sp³-hybridized carbons (Fsp3) is 0.900. The first-order valence-electron chi connectivity index (χ1n) is 4.98. The molecule has 0 aliphatic carbocycles. The molecule has 0 aromatic rings. The maximum Gasteiger partial charge on any atom is 0.0656 e. The summed E-state index contributed by atoms with van der Waals surface area (Å²) >= 11 is 0. The minimum absolute atomic E-state index is 0.336. The molecule has 1 rings (SSSR count). The molecule has 0 bridgehead atoms. The maximum atomic E-state index is 8.68. The first-order valence-corrected chi connectivity index (χ1v) is 4.98. The molecule has 0 aromatic carbocycles. The van der Waals surface area contributed by atoms with Gasteiger partial charge in [0.05, 0.1) is 6.07 Å². The number of unbranched alkanes of at least 4 members (excludes halogenated alkanes) is 1. The lowest BCUT2D eigenvalue weighted by atomic mass is 9.98. The van der Waals surface area contributed by atoms with E-state index in [1.54, 1.807) is 0 Å². The van der Waals surface area contributed by atoms with Crippen molar-refractivity contribution in [3.05, 3.63) is 0 Å². The van der Waals surface area contributed by atoms with Crippen LogP contribution in [0.25, 0.3) is 0 Å². The van der Waals surface area contributed by atoms with E-state index < -0.39 is 0 Å². The molecule has 0 spiro atoms. The van der Waals surface area contributed by atoms with Crippen molar-refractivity contribution in [1.29, 1.82) is 5.26 Å². The van der Waals surface area contributed by atoms with Gasteiger partial charge in [-0.3, -0.25) is 0 Å². The van der Waals surface area contributed by atoms with Crippen LogP contribution in [0.1, 0.15) is 32.6 Å². The Kier molecular flexibility index (Phi) is 4.10. The van der Waals surface area contributed by atoms with E-state index >= 15 is 0 Å². The third-order valence-electron chi connectivity index (χ3n) is 2.60. The van der Waals surface area contributed by atoms with Gasteiger partial charge in [0, 0.05) is 5.92 Å². The van der Waals surface area contributed by atoms with Gasteiger partial charge in [-0.2, -0.15) is 5.26 Å². The Morgan fingerprint density at radius 3 is 2.58 bits per heavy atom. The van der Waals surface area contributed by atoms with Crippen molar-refractivity contribution in [3.8, 4) is 6.07 Å². The van der Waals surface area contributed by atoms with Crippen LogP contribution < -0.4 is 0 Å². The lowest BCUT2D eigenvalue weighted by molar-refractivity contribution is 0.203. The predicted molar refractivity (Wildman–Crippen MR) is 49.7 cm³/mol. The molecule has 0 radical (unpaired) electrons. The number of hydrogen-bond donors (Lipinski definition) is 0. The zero-order valence-electron chi connectivity index (χ0n) is 7.92. The highest BCUT2D eigenvalue weighted by Gasteiger charge is 2.17. The first-order chi connectivity index (χ1) is 5.86. The molecule has 1 saturated heterocycles. The number of hydrogen-bond acceptors (Lipinski definition) is 2. The smallest absolute Gasteiger partial charge is 0.0656 e. The van der Waals surface area contributed by atoms with Crippen molar-refractivity contribution >= 4 is 0 Å². The van der Waals surface area contributed by atoms with Crippen LogP contribution in [0.5, 0.6) is 0 Å². The number of rotatable bonds is 3. The van der Waals surface area contributed by atoms with Crippen LogP contribution in [0.15, 0.2) is 0 Å². The molecule has 0 saturated carbocycles.